The number of amides is 1. The Labute approximate surface area is 121 Å². The van der Waals surface area contributed by atoms with Crippen LogP contribution in [0.25, 0.3) is 0 Å². The fraction of sp³-hybridized carbons (Fsp3) is 0.429. The Hall–Kier alpha value is -2.44. The lowest BCUT2D eigenvalue weighted by Gasteiger charge is -2.19. The lowest BCUT2D eigenvalue weighted by Crippen LogP contribution is -2.27. The van der Waals surface area contributed by atoms with Gasteiger partial charge < -0.3 is 9.64 Å². The standard InChI is InChI=1S/C14H16N2O5/c1-3-9-6-11(16(19)20)4-5-12(9)15-8-10(7-13(15)17)14(18)21-2/h4-6,10H,3,7-8H2,1-2H3/t10-/m1/s1. The van der Waals surface area contributed by atoms with Gasteiger partial charge in [0.1, 0.15) is 0 Å². The number of hydrogen-bond donors (Lipinski definition) is 0. The third-order valence-corrected chi connectivity index (χ3v) is 3.61. The number of nitro benzene ring substituents is 1. The van der Waals surface area contributed by atoms with Gasteiger partial charge in [-0.2, -0.15) is 0 Å². The summed E-state index contributed by atoms with van der Waals surface area (Å²) < 4.78 is 4.67. The summed E-state index contributed by atoms with van der Waals surface area (Å²) in [7, 11) is 1.29. The van der Waals surface area contributed by atoms with Crippen molar-refractivity contribution in [3.8, 4) is 0 Å². The van der Waals surface area contributed by atoms with Gasteiger partial charge in [-0.05, 0) is 18.1 Å². The lowest BCUT2D eigenvalue weighted by atomic mass is 10.1. The van der Waals surface area contributed by atoms with Crippen molar-refractivity contribution in [1.29, 1.82) is 0 Å². The predicted molar refractivity (Wildman–Crippen MR) is 75.0 cm³/mol. The summed E-state index contributed by atoms with van der Waals surface area (Å²) >= 11 is 0. The van der Waals surface area contributed by atoms with Gasteiger partial charge in [-0.1, -0.05) is 6.92 Å². The number of carbonyl (C=O) groups excluding carboxylic acids is 2. The Morgan fingerprint density at radius 2 is 2.24 bits per heavy atom. The van der Waals surface area contributed by atoms with Gasteiger partial charge in [-0.3, -0.25) is 19.7 Å². The maximum absolute atomic E-state index is 12.1. The summed E-state index contributed by atoms with van der Waals surface area (Å²) in [5.74, 6) is -1.07. The highest BCUT2D eigenvalue weighted by molar-refractivity contribution is 6.00. The summed E-state index contributed by atoms with van der Waals surface area (Å²) in [6, 6.07) is 4.40. The van der Waals surface area contributed by atoms with Gasteiger partial charge in [-0.25, -0.2) is 0 Å². The third-order valence-electron chi connectivity index (χ3n) is 3.61. The van der Waals surface area contributed by atoms with E-state index in [2.05, 4.69) is 4.74 Å². The van der Waals surface area contributed by atoms with E-state index in [0.29, 0.717) is 17.7 Å². The maximum Gasteiger partial charge on any atom is 0.311 e. The van der Waals surface area contributed by atoms with Crippen LogP contribution in [0.4, 0.5) is 11.4 Å². The van der Waals surface area contributed by atoms with Crippen molar-refractivity contribution in [2.75, 3.05) is 18.6 Å². The van der Waals surface area contributed by atoms with E-state index in [9.17, 15) is 19.7 Å². The summed E-state index contributed by atoms with van der Waals surface area (Å²) in [5.41, 5.74) is 1.33. The van der Waals surface area contributed by atoms with Crippen LogP contribution in [0.2, 0.25) is 0 Å². The van der Waals surface area contributed by atoms with Crippen molar-refractivity contribution in [2.24, 2.45) is 5.92 Å². The third kappa shape index (κ3) is 2.86. The number of ether oxygens (including phenoxy) is 1. The quantitative estimate of drug-likeness (QED) is 0.478. The van der Waals surface area contributed by atoms with Gasteiger partial charge in [0, 0.05) is 30.8 Å². The summed E-state index contributed by atoms with van der Waals surface area (Å²) in [5, 5.41) is 10.8. The van der Waals surface area contributed by atoms with Crippen LogP contribution >= 0.6 is 0 Å². The molecule has 7 nitrogen and oxygen atoms in total. The largest absolute Gasteiger partial charge is 0.469 e. The number of carbonyl (C=O) groups is 2. The first-order chi connectivity index (χ1) is 9.97. The Kier molecular flexibility index (Phi) is 4.21. The molecule has 1 fully saturated rings. The van der Waals surface area contributed by atoms with E-state index in [0.717, 1.165) is 0 Å². The topological polar surface area (TPSA) is 89.8 Å². The Morgan fingerprint density at radius 3 is 2.81 bits per heavy atom. The van der Waals surface area contributed by atoms with Crippen molar-refractivity contribution in [3.05, 3.63) is 33.9 Å². The molecule has 0 radical (unpaired) electrons. The molecule has 112 valence electrons. The number of nitrogens with zero attached hydrogens (tertiary/aromatic N) is 2. The Morgan fingerprint density at radius 1 is 1.52 bits per heavy atom. The minimum atomic E-state index is -0.484. The number of methoxy groups -OCH3 is 1. The number of anilines is 1. The van der Waals surface area contributed by atoms with Gasteiger partial charge in [-0.15, -0.1) is 0 Å². The van der Waals surface area contributed by atoms with Crippen molar-refractivity contribution in [3.63, 3.8) is 0 Å². The molecule has 7 heteroatoms. The Bertz CT molecular complexity index is 599. The second kappa shape index (κ2) is 5.90. The number of rotatable bonds is 4. The highest BCUT2D eigenvalue weighted by Gasteiger charge is 2.36. The zero-order chi connectivity index (χ0) is 15.6. The highest BCUT2D eigenvalue weighted by atomic mass is 16.6. The van der Waals surface area contributed by atoms with Crippen molar-refractivity contribution in [1.82, 2.24) is 0 Å². The van der Waals surface area contributed by atoms with Crippen LogP contribution in [0.15, 0.2) is 18.2 Å². The van der Waals surface area contributed by atoms with E-state index in [1.807, 2.05) is 6.92 Å². The molecule has 0 aromatic heterocycles. The number of aryl methyl sites for hydroxylation is 1. The average molecular weight is 292 g/mol. The molecular formula is C14H16N2O5. The summed E-state index contributed by atoms with van der Waals surface area (Å²) in [6.45, 7) is 2.11. The normalized spacial score (nSPS) is 17.9. The van der Waals surface area contributed by atoms with Crippen molar-refractivity contribution < 1.29 is 19.2 Å². The van der Waals surface area contributed by atoms with E-state index < -0.39 is 16.8 Å². The molecule has 1 aromatic rings. The molecule has 2 rings (SSSR count). The van der Waals surface area contributed by atoms with Gasteiger partial charge in [0.2, 0.25) is 5.91 Å². The molecule has 1 amide bonds. The van der Waals surface area contributed by atoms with Gasteiger partial charge in [0.05, 0.1) is 18.0 Å². The number of non-ortho nitro benzene ring substituents is 1. The molecule has 0 bridgehead atoms. The van der Waals surface area contributed by atoms with Gasteiger partial charge >= 0.3 is 5.97 Å². The van der Waals surface area contributed by atoms with Gasteiger partial charge in [0.25, 0.3) is 5.69 Å². The molecule has 1 aliphatic rings. The van der Waals surface area contributed by atoms with Crippen LogP contribution in [-0.2, 0) is 20.7 Å². The van der Waals surface area contributed by atoms with E-state index in [4.69, 9.17) is 0 Å². The summed E-state index contributed by atoms with van der Waals surface area (Å²) in [6.07, 6.45) is 0.663. The highest BCUT2D eigenvalue weighted by Crippen LogP contribution is 2.31. The Balaban J connectivity index is 2.32. The van der Waals surface area contributed by atoms with Crippen LogP contribution in [0.3, 0.4) is 0 Å². The van der Waals surface area contributed by atoms with E-state index in [1.54, 1.807) is 6.07 Å². The number of nitro groups is 1. The molecule has 21 heavy (non-hydrogen) atoms. The molecule has 0 unspecified atom stereocenters. The predicted octanol–water partition coefficient (Wildman–Crippen LogP) is 1.68. The minimum absolute atomic E-state index is 0.00763. The fourth-order valence-electron chi connectivity index (χ4n) is 2.50. The first kappa shape index (κ1) is 15.0. The summed E-state index contributed by atoms with van der Waals surface area (Å²) in [4.78, 5) is 35.5. The zero-order valence-corrected chi connectivity index (χ0v) is 11.9. The molecule has 1 aromatic carbocycles. The fourth-order valence-corrected chi connectivity index (χ4v) is 2.50. The molecule has 0 N–H and O–H groups in total. The van der Waals surface area contributed by atoms with E-state index >= 15 is 0 Å². The molecule has 0 saturated carbocycles. The molecular weight excluding hydrogens is 276 g/mol. The van der Waals surface area contributed by atoms with Crippen LogP contribution < -0.4 is 4.90 Å². The SMILES string of the molecule is CCc1cc([N+](=O)[O-])ccc1N1C[C@H](C(=O)OC)CC1=O. The first-order valence-electron chi connectivity index (χ1n) is 6.63. The maximum atomic E-state index is 12.1. The number of hydrogen-bond acceptors (Lipinski definition) is 5. The van der Waals surface area contributed by atoms with Crippen LogP contribution in [0.5, 0.6) is 0 Å². The van der Waals surface area contributed by atoms with E-state index in [1.165, 1.54) is 24.1 Å². The molecule has 1 saturated heterocycles. The van der Waals surface area contributed by atoms with Crippen LogP contribution in [-0.4, -0.2) is 30.5 Å². The van der Waals surface area contributed by atoms with Gasteiger partial charge in [0.15, 0.2) is 0 Å². The van der Waals surface area contributed by atoms with Crippen LogP contribution in [0, 0.1) is 16.0 Å². The van der Waals surface area contributed by atoms with E-state index in [-0.39, 0.29) is 24.6 Å². The first-order valence-corrected chi connectivity index (χ1v) is 6.63. The van der Waals surface area contributed by atoms with Crippen molar-refractivity contribution >= 4 is 23.3 Å². The monoisotopic (exact) mass is 292 g/mol. The second-order valence-corrected chi connectivity index (χ2v) is 4.85. The molecule has 1 atom stereocenters. The molecule has 0 aliphatic carbocycles. The smallest absolute Gasteiger partial charge is 0.311 e. The second-order valence-electron chi connectivity index (χ2n) is 4.85. The average Bonchev–Trinajstić information content (AvgIpc) is 2.87. The zero-order valence-electron chi connectivity index (χ0n) is 11.9. The number of benzene rings is 1. The minimum Gasteiger partial charge on any atom is -0.469 e. The number of esters is 1. The molecule has 0 spiro atoms. The van der Waals surface area contributed by atoms with Crippen molar-refractivity contribution in [2.45, 2.75) is 19.8 Å². The molecule has 1 heterocycles. The molecule has 1 aliphatic heterocycles. The lowest BCUT2D eigenvalue weighted by molar-refractivity contribution is -0.384. The van der Waals surface area contributed by atoms with Crippen LogP contribution in [0.1, 0.15) is 18.9 Å².